The van der Waals surface area contributed by atoms with Crippen LogP contribution >= 0.6 is 0 Å². The Bertz CT molecular complexity index is 421. The van der Waals surface area contributed by atoms with Crippen molar-refractivity contribution in [2.45, 2.75) is 25.5 Å². The van der Waals surface area contributed by atoms with Crippen molar-refractivity contribution in [3.8, 4) is 0 Å². The number of hydrogen-bond acceptors (Lipinski definition) is 4. The van der Waals surface area contributed by atoms with E-state index in [0.717, 1.165) is 12.2 Å². The minimum absolute atomic E-state index is 0.0787. The predicted octanol–water partition coefficient (Wildman–Crippen LogP) is 0.680. The molecule has 0 radical (unpaired) electrons. The van der Waals surface area contributed by atoms with E-state index in [1.165, 1.54) is 12.8 Å². The lowest BCUT2D eigenvalue weighted by molar-refractivity contribution is -0.120. The van der Waals surface area contributed by atoms with Crippen LogP contribution in [0.15, 0.2) is 30.3 Å². The van der Waals surface area contributed by atoms with Gasteiger partial charge >= 0.3 is 0 Å². The molecule has 1 aromatic rings. The fraction of sp³-hybridized carbons (Fsp3) is 0.562. The molecular formula is C16H24N2O3. The highest BCUT2D eigenvalue weighted by atomic mass is 16.5. The van der Waals surface area contributed by atoms with Gasteiger partial charge in [-0.05, 0) is 24.3 Å². The van der Waals surface area contributed by atoms with Gasteiger partial charge in [0.15, 0.2) is 0 Å². The monoisotopic (exact) mass is 292 g/mol. The Morgan fingerprint density at radius 1 is 1.33 bits per heavy atom. The van der Waals surface area contributed by atoms with Crippen molar-refractivity contribution in [1.29, 1.82) is 0 Å². The summed E-state index contributed by atoms with van der Waals surface area (Å²) in [7, 11) is 0. The average Bonchev–Trinajstić information content (AvgIpc) is 3.30. The molecule has 1 amide bonds. The fourth-order valence-corrected chi connectivity index (χ4v) is 1.93. The van der Waals surface area contributed by atoms with Crippen LogP contribution in [0.25, 0.3) is 0 Å². The van der Waals surface area contributed by atoms with Crippen LogP contribution in [-0.2, 0) is 16.1 Å². The number of rotatable bonds is 10. The number of amides is 1. The van der Waals surface area contributed by atoms with Crippen LogP contribution in [0.1, 0.15) is 18.4 Å². The van der Waals surface area contributed by atoms with Crippen LogP contribution in [-0.4, -0.2) is 43.4 Å². The van der Waals surface area contributed by atoms with Crippen LogP contribution in [0.3, 0.4) is 0 Å². The molecule has 0 spiro atoms. The number of hydrogen-bond donors (Lipinski definition) is 3. The Hall–Kier alpha value is -1.43. The first-order valence-corrected chi connectivity index (χ1v) is 7.51. The zero-order valence-corrected chi connectivity index (χ0v) is 12.3. The standard InChI is InChI=1S/C16H24N2O3/c19-15(12-21-11-14-6-7-14)9-17-10-16(20)18-8-13-4-2-1-3-5-13/h1-5,14-15,17,19H,6-12H2,(H,18,20). The minimum Gasteiger partial charge on any atom is -0.389 e. The maximum atomic E-state index is 11.6. The first kappa shape index (κ1) is 15.9. The van der Waals surface area contributed by atoms with Gasteiger partial charge in [0, 0.05) is 19.7 Å². The molecule has 1 aliphatic rings. The van der Waals surface area contributed by atoms with E-state index in [4.69, 9.17) is 4.74 Å². The third kappa shape index (κ3) is 7.22. The van der Waals surface area contributed by atoms with Crippen LogP contribution in [0, 0.1) is 5.92 Å². The lowest BCUT2D eigenvalue weighted by Crippen LogP contribution is -2.38. The summed E-state index contributed by atoms with van der Waals surface area (Å²) in [6.07, 6.45) is 1.93. The molecule has 0 aromatic heterocycles. The molecule has 0 saturated heterocycles. The van der Waals surface area contributed by atoms with Crippen molar-refractivity contribution in [3.63, 3.8) is 0 Å². The Morgan fingerprint density at radius 3 is 2.81 bits per heavy atom. The Morgan fingerprint density at radius 2 is 2.10 bits per heavy atom. The number of benzene rings is 1. The largest absolute Gasteiger partial charge is 0.389 e. The van der Waals surface area contributed by atoms with E-state index in [2.05, 4.69) is 10.6 Å². The summed E-state index contributed by atoms with van der Waals surface area (Å²) in [5.41, 5.74) is 1.07. The van der Waals surface area contributed by atoms with Crippen LogP contribution < -0.4 is 10.6 Å². The molecule has 0 heterocycles. The average molecular weight is 292 g/mol. The van der Waals surface area contributed by atoms with Gasteiger partial charge in [-0.1, -0.05) is 30.3 Å². The predicted molar refractivity (Wildman–Crippen MR) is 80.7 cm³/mol. The highest BCUT2D eigenvalue weighted by Crippen LogP contribution is 2.28. The Labute approximate surface area is 125 Å². The topological polar surface area (TPSA) is 70.6 Å². The van der Waals surface area contributed by atoms with Gasteiger partial charge in [-0.3, -0.25) is 4.79 Å². The molecule has 21 heavy (non-hydrogen) atoms. The van der Waals surface area contributed by atoms with E-state index in [9.17, 15) is 9.90 Å². The van der Waals surface area contributed by atoms with Gasteiger partial charge in [0.05, 0.1) is 19.3 Å². The Kier molecular flexibility index (Phi) is 6.66. The van der Waals surface area contributed by atoms with Crippen molar-refractivity contribution >= 4 is 5.91 Å². The molecule has 1 fully saturated rings. The summed E-state index contributed by atoms with van der Waals surface area (Å²) >= 11 is 0. The number of carbonyl (C=O) groups excluding carboxylic acids is 1. The van der Waals surface area contributed by atoms with Gasteiger partial charge in [0.1, 0.15) is 0 Å². The lowest BCUT2D eigenvalue weighted by Gasteiger charge is -2.12. The molecule has 0 bridgehead atoms. The number of carbonyl (C=O) groups is 1. The molecule has 5 heteroatoms. The zero-order valence-electron chi connectivity index (χ0n) is 12.3. The van der Waals surface area contributed by atoms with E-state index in [1.54, 1.807) is 0 Å². The Balaban J connectivity index is 1.48. The van der Waals surface area contributed by atoms with Crippen molar-refractivity contribution < 1.29 is 14.6 Å². The minimum atomic E-state index is -0.564. The van der Waals surface area contributed by atoms with Gasteiger partial charge in [-0.25, -0.2) is 0 Å². The van der Waals surface area contributed by atoms with Crippen molar-refractivity contribution in [2.75, 3.05) is 26.3 Å². The van der Waals surface area contributed by atoms with E-state index in [-0.39, 0.29) is 12.5 Å². The SMILES string of the molecule is O=C(CNCC(O)COCC1CC1)NCc1ccccc1. The summed E-state index contributed by atoms with van der Waals surface area (Å²) in [6, 6.07) is 9.76. The quantitative estimate of drug-likeness (QED) is 0.593. The second-order valence-corrected chi connectivity index (χ2v) is 5.53. The molecule has 1 saturated carbocycles. The van der Waals surface area contributed by atoms with E-state index >= 15 is 0 Å². The normalized spacial score (nSPS) is 15.7. The molecule has 1 aliphatic carbocycles. The van der Waals surface area contributed by atoms with Crippen molar-refractivity contribution in [1.82, 2.24) is 10.6 Å². The second kappa shape index (κ2) is 8.77. The van der Waals surface area contributed by atoms with Crippen LogP contribution in [0.5, 0.6) is 0 Å². The summed E-state index contributed by atoms with van der Waals surface area (Å²) < 4.78 is 5.39. The van der Waals surface area contributed by atoms with Crippen LogP contribution in [0.4, 0.5) is 0 Å². The molecular weight excluding hydrogens is 268 g/mol. The molecule has 3 N–H and O–H groups in total. The van der Waals surface area contributed by atoms with Gasteiger partial charge in [0.2, 0.25) is 5.91 Å². The number of aliphatic hydroxyl groups is 1. The smallest absolute Gasteiger partial charge is 0.234 e. The van der Waals surface area contributed by atoms with E-state index in [1.807, 2.05) is 30.3 Å². The summed E-state index contributed by atoms with van der Waals surface area (Å²) in [6.45, 7) is 2.16. The molecule has 1 atom stereocenters. The molecule has 116 valence electrons. The molecule has 0 aliphatic heterocycles. The highest BCUT2D eigenvalue weighted by molar-refractivity contribution is 5.77. The molecule has 1 unspecified atom stereocenters. The lowest BCUT2D eigenvalue weighted by atomic mass is 10.2. The summed E-state index contributed by atoms with van der Waals surface area (Å²) in [5, 5.41) is 15.4. The third-order valence-corrected chi connectivity index (χ3v) is 3.36. The van der Waals surface area contributed by atoms with Gasteiger partial charge in [-0.2, -0.15) is 0 Å². The van der Waals surface area contributed by atoms with Gasteiger partial charge in [-0.15, -0.1) is 0 Å². The number of aliphatic hydroxyl groups excluding tert-OH is 1. The number of ether oxygens (including phenoxy) is 1. The maximum absolute atomic E-state index is 11.6. The molecule has 5 nitrogen and oxygen atoms in total. The van der Waals surface area contributed by atoms with E-state index < -0.39 is 6.10 Å². The summed E-state index contributed by atoms with van der Waals surface area (Å²) in [5.74, 6) is 0.624. The fourth-order valence-electron chi connectivity index (χ4n) is 1.93. The van der Waals surface area contributed by atoms with Gasteiger partial charge in [0.25, 0.3) is 0 Å². The van der Waals surface area contributed by atoms with Gasteiger partial charge < -0.3 is 20.5 Å². The van der Waals surface area contributed by atoms with Crippen molar-refractivity contribution in [2.24, 2.45) is 5.92 Å². The first-order valence-electron chi connectivity index (χ1n) is 7.51. The maximum Gasteiger partial charge on any atom is 0.234 e. The highest BCUT2D eigenvalue weighted by Gasteiger charge is 2.21. The molecule has 1 aromatic carbocycles. The number of nitrogens with one attached hydrogen (secondary N) is 2. The van der Waals surface area contributed by atoms with E-state index in [0.29, 0.717) is 25.6 Å². The van der Waals surface area contributed by atoms with Crippen LogP contribution in [0.2, 0.25) is 0 Å². The summed E-state index contributed by atoms with van der Waals surface area (Å²) in [4.78, 5) is 11.6. The third-order valence-electron chi connectivity index (χ3n) is 3.36. The first-order chi connectivity index (χ1) is 10.2. The van der Waals surface area contributed by atoms with Crippen molar-refractivity contribution in [3.05, 3.63) is 35.9 Å². The zero-order chi connectivity index (χ0) is 14.9. The second-order valence-electron chi connectivity index (χ2n) is 5.53. The molecule has 2 rings (SSSR count).